The minimum atomic E-state index is -4.49. The molecule has 0 saturated carbocycles. The molecule has 2 aromatic rings. The fourth-order valence-electron chi connectivity index (χ4n) is 1.94. The van der Waals surface area contributed by atoms with Crippen molar-refractivity contribution >= 4 is 22.4 Å². The van der Waals surface area contributed by atoms with Gasteiger partial charge in [0.25, 0.3) is 5.91 Å². The van der Waals surface area contributed by atoms with Gasteiger partial charge in [0.15, 0.2) is 5.13 Å². The van der Waals surface area contributed by atoms with Gasteiger partial charge in [0.05, 0.1) is 5.69 Å². The predicted molar refractivity (Wildman–Crippen MR) is 86.2 cm³/mol. The number of hydrogen-bond donors (Lipinski definition) is 1. The predicted octanol–water partition coefficient (Wildman–Crippen LogP) is 4.09. The summed E-state index contributed by atoms with van der Waals surface area (Å²) >= 11 is 1.21. The van der Waals surface area contributed by atoms with Crippen LogP contribution in [0.3, 0.4) is 0 Å². The highest BCUT2D eigenvalue weighted by atomic mass is 32.1. The smallest absolute Gasteiger partial charge is 0.359 e. The van der Waals surface area contributed by atoms with E-state index in [1.165, 1.54) is 30.4 Å². The fraction of sp³-hybridized carbons (Fsp3) is 0.375. The molecule has 1 amide bonds. The average molecular weight is 376 g/mol. The molecule has 0 fully saturated rings. The zero-order chi connectivity index (χ0) is 18.6. The molecule has 0 unspecified atom stereocenters. The number of carbonyl (C=O) groups excluding carboxylic acids is 1. The van der Waals surface area contributed by atoms with Crippen LogP contribution in [-0.4, -0.2) is 29.8 Å². The van der Waals surface area contributed by atoms with E-state index in [2.05, 4.69) is 15.0 Å². The maximum Gasteiger partial charge on any atom is 0.411 e. The summed E-state index contributed by atoms with van der Waals surface area (Å²) in [5.74, 6) is -1.03. The second kappa shape index (κ2) is 7.92. The molecule has 1 heterocycles. The summed E-state index contributed by atoms with van der Waals surface area (Å²) in [6, 6.07) is 6.02. The van der Waals surface area contributed by atoms with Gasteiger partial charge in [0, 0.05) is 11.3 Å². The van der Waals surface area contributed by atoms with Crippen LogP contribution in [0.15, 0.2) is 24.3 Å². The number of carbonyl (C=O) groups is 1. The zero-order valence-corrected chi connectivity index (χ0v) is 14.3. The maximum atomic E-state index is 12.9. The van der Waals surface area contributed by atoms with Gasteiger partial charge in [-0.1, -0.05) is 12.1 Å². The molecule has 1 N–H and O–H groups in total. The van der Waals surface area contributed by atoms with Gasteiger partial charge in [0.1, 0.15) is 18.5 Å². The number of alkyl halides is 3. The topological polar surface area (TPSA) is 51.2 Å². The minimum absolute atomic E-state index is 0.280. The van der Waals surface area contributed by atoms with Crippen LogP contribution < -0.4 is 5.32 Å². The lowest BCUT2D eigenvalue weighted by Gasteiger charge is -2.13. The van der Waals surface area contributed by atoms with Crippen molar-refractivity contribution in [2.75, 3.05) is 11.9 Å². The molecule has 4 nitrogen and oxygen atoms in total. The van der Waals surface area contributed by atoms with Crippen LogP contribution in [-0.2, 0) is 16.0 Å². The first-order valence-electron chi connectivity index (χ1n) is 7.34. The van der Waals surface area contributed by atoms with E-state index < -0.39 is 24.8 Å². The second-order valence-electron chi connectivity index (χ2n) is 5.39. The number of aryl methyl sites for hydroxylation is 1. The van der Waals surface area contributed by atoms with E-state index in [0.717, 1.165) is 10.4 Å². The van der Waals surface area contributed by atoms with Crippen molar-refractivity contribution in [1.29, 1.82) is 0 Å². The molecule has 1 aromatic carbocycles. The lowest BCUT2D eigenvalue weighted by atomic mass is 10.1. The van der Waals surface area contributed by atoms with Gasteiger partial charge in [-0.2, -0.15) is 13.2 Å². The van der Waals surface area contributed by atoms with Crippen LogP contribution in [0, 0.1) is 12.7 Å². The van der Waals surface area contributed by atoms with Gasteiger partial charge >= 0.3 is 6.18 Å². The Kier molecular flexibility index (Phi) is 6.12. The lowest BCUT2D eigenvalue weighted by Crippen LogP contribution is -2.31. The molecule has 0 saturated heterocycles. The number of aromatic nitrogens is 1. The number of thiazole rings is 1. The molecule has 25 heavy (non-hydrogen) atoms. The number of rotatable bonds is 6. The Labute approximate surface area is 145 Å². The van der Waals surface area contributed by atoms with E-state index in [1.54, 1.807) is 19.1 Å². The normalized spacial score (nSPS) is 12.9. The van der Waals surface area contributed by atoms with E-state index in [-0.39, 0.29) is 10.9 Å². The molecule has 0 radical (unpaired) electrons. The van der Waals surface area contributed by atoms with Crippen LogP contribution in [0.5, 0.6) is 0 Å². The first kappa shape index (κ1) is 19.3. The molecular weight excluding hydrogens is 360 g/mol. The molecule has 0 aliphatic rings. The van der Waals surface area contributed by atoms with Gasteiger partial charge in [0.2, 0.25) is 0 Å². The van der Waals surface area contributed by atoms with Gasteiger partial charge in [-0.05, 0) is 31.5 Å². The van der Waals surface area contributed by atoms with Crippen LogP contribution in [0.4, 0.5) is 22.7 Å². The van der Waals surface area contributed by atoms with Crippen molar-refractivity contribution in [2.24, 2.45) is 0 Å². The largest absolute Gasteiger partial charge is 0.411 e. The Morgan fingerprint density at radius 1 is 1.32 bits per heavy atom. The third-order valence-electron chi connectivity index (χ3n) is 3.27. The van der Waals surface area contributed by atoms with Gasteiger partial charge in [-0.3, -0.25) is 10.1 Å². The van der Waals surface area contributed by atoms with Gasteiger partial charge in [-0.15, -0.1) is 11.3 Å². The molecular formula is C16H16F4N2O2S. The molecule has 2 rings (SSSR count). The maximum absolute atomic E-state index is 12.9. The third kappa shape index (κ3) is 6.09. The molecule has 0 bridgehead atoms. The quantitative estimate of drug-likeness (QED) is 0.773. The van der Waals surface area contributed by atoms with Crippen molar-refractivity contribution < 1.29 is 27.1 Å². The molecule has 1 aromatic heterocycles. The Hall–Kier alpha value is -2.00. The molecule has 1 atom stereocenters. The van der Waals surface area contributed by atoms with E-state index in [9.17, 15) is 22.4 Å². The van der Waals surface area contributed by atoms with E-state index >= 15 is 0 Å². The average Bonchev–Trinajstić information content (AvgIpc) is 2.86. The Balaban J connectivity index is 1.97. The summed E-state index contributed by atoms with van der Waals surface area (Å²) in [6.45, 7) is 1.50. The molecule has 0 aliphatic carbocycles. The second-order valence-corrected chi connectivity index (χ2v) is 6.47. The third-order valence-corrected chi connectivity index (χ3v) is 4.34. The van der Waals surface area contributed by atoms with Crippen LogP contribution >= 0.6 is 11.3 Å². The standard InChI is InChI=1S/C16H16F4N2O2S/c1-9-13(7-11-3-5-12(17)6-4-11)25-15(21-9)22-14(23)10(2)24-8-16(18,19)20/h3-6,10H,7-8H2,1-2H3,(H,21,22,23)/t10-/m0/s1. The monoisotopic (exact) mass is 376 g/mol. The highest BCUT2D eigenvalue weighted by Gasteiger charge is 2.30. The lowest BCUT2D eigenvalue weighted by molar-refractivity contribution is -0.184. The summed E-state index contributed by atoms with van der Waals surface area (Å²) in [5.41, 5.74) is 1.57. The van der Waals surface area contributed by atoms with E-state index in [1.807, 2.05) is 0 Å². The zero-order valence-electron chi connectivity index (χ0n) is 13.5. The van der Waals surface area contributed by atoms with Gasteiger partial charge in [-0.25, -0.2) is 9.37 Å². The summed E-state index contributed by atoms with van der Waals surface area (Å²) in [4.78, 5) is 16.9. The number of halogens is 4. The number of ether oxygens (including phenoxy) is 1. The number of benzene rings is 1. The van der Waals surface area contributed by atoms with Crippen molar-refractivity contribution in [3.05, 3.63) is 46.2 Å². The van der Waals surface area contributed by atoms with Crippen molar-refractivity contribution in [3.63, 3.8) is 0 Å². The molecule has 136 valence electrons. The van der Waals surface area contributed by atoms with Crippen molar-refractivity contribution in [2.45, 2.75) is 32.5 Å². The van der Waals surface area contributed by atoms with Crippen LogP contribution in [0.25, 0.3) is 0 Å². The number of hydrogen-bond acceptors (Lipinski definition) is 4. The summed E-state index contributed by atoms with van der Waals surface area (Å²) < 4.78 is 53.7. The molecule has 0 aliphatic heterocycles. The Bertz CT molecular complexity index is 729. The van der Waals surface area contributed by atoms with Crippen molar-refractivity contribution in [1.82, 2.24) is 4.98 Å². The summed E-state index contributed by atoms with van der Waals surface area (Å²) in [6.07, 6.45) is -5.24. The number of anilines is 1. The number of nitrogens with zero attached hydrogens (tertiary/aromatic N) is 1. The molecule has 0 spiro atoms. The summed E-state index contributed by atoms with van der Waals surface area (Å²) in [7, 11) is 0. The fourth-order valence-corrected chi connectivity index (χ4v) is 2.94. The van der Waals surface area contributed by atoms with Gasteiger partial charge < -0.3 is 4.74 Å². The highest BCUT2D eigenvalue weighted by Crippen LogP contribution is 2.25. The van der Waals surface area contributed by atoms with Crippen molar-refractivity contribution in [3.8, 4) is 0 Å². The number of amides is 1. The number of nitrogens with one attached hydrogen (secondary N) is 1. The highest BCUT2D eigenvalue weighted by molar-refractivity contribution is 7.15. The first-order valence-corrected chi connectivity index (χ1v) is 8.15. The summed E-state index contributed by atoms with van der Waals surface area (Å²) in [5, 5.41) is 2.73. The van der Waals surface area contributed by atoms with E-state index in [4.69, 9.17) is 0 Å². The molecule has 9 heteroatoms. The first-order chi connectivity index (χ1) is 11.6. The van der Waals surface area contributed by atoms with E-state index in [0.29, 0.717) is 12.1 Å². The SMILES string of the molecule is Cc1nc(NC(=O)[C@H](C)OCC(F)(F)F)sc1Cc1ccc(F)cc1. The minimum Gasteiger partial charge on any atom is -0.359 e. The van der Waals surface area contributed by atoms with Crippen LogP contribution in [0.1, 0.15) is 23.1 Å². The van der Waals surface area contributed by atoms with Crippen LogP contribution in [0.2, 0.25) is 0 Å². The Morgan fingerprint density at radius 2 is 1.96 bits per heavy atom. The Morgan fingerprint density at radius 3 is 2.56 bits per heavy atom.